The first-order valence-corrected chi connectivity index (χ1v) is 4.35. The minimum absolute atomic E-state index is 0.0852. The Hall–Kier alpha value is -1.49. The van der Waals surface area contributed by atoms with Gasteiger partial charge in [-0.3, -0.25) is 4.79 Å². The average molecular weight is 197 g/mol. The number of carbonyl (C=O) groups is 1. The number of aromatic nitrogens is 1. The summed E-state index contributed by atoms with van der Waals surface area (Å²) in [5, 5.41) is 2.58. The molecule has 0 atom stereocenters. The lowest BCUT2D eigenvalue weighted by molar-refractivity contribution is 0.0947. The molecule has 0 bridgehead atoms. The maximum Gasteiger partial charge on any atom is 0.269 e. The molecule has 4 nitrogen and oxygen atoms in total. The molecule has 0 aliphatic carbocycles. The second-order valence-corrected chi connectivity index (χ2v) is 2.74. The zero-order valence-electron chi connectivity index (χ0n) is 7.66. The van der Waals surface area contributed by atoms with E-state index >= 15 is 0 Å². The van der Waals surface area contributed by atoms with Gasteiger partial charge in [0.05, 0.1) is 0 Å². The summed E-state index contributed by atoms with van der Waals surface area (Å²) < 4.78 is 12.6. The molecule has 14 heavy (non-hydrogen) atoms. The van der Waals surface area contributed by atoms with Gasteiger partial charge in [-0.1, -0.05) is 6.07 Å². The molecule has 0 fully saturated rings. The molecule has 0 unspecified atom stereocenters. The number of hydrogen-bond donors (Lipinski definition) is 2. The predicted octanol–water partition coefficient (Wildman–Crippen LogP) is 0.299. The van der Waals surface area contributed by atoms with Crippen molar-refractivity contribution in [3.05, 3.63) is 29.8 Å². The van der Waals surface area contributed by atoms with Crippen molar-refractivity contribution in [2.24, 2.45) is 5.73 Å². The number of carbonyl (C=O) groups excluding carboxylic acids is 1. The number of nitrogens with zero attached hydrogens (tertiary/aromatic N) is 1. The summed E-state index contributed by atoms with van der Waals surface area (Å²) in [6, 6.07) is 4.09. The predicted molar refractivity (Wildman–Crippen MR) is 50.2 cm³/mol. The molecular weight excluding hydrogens is 185 g/mol. The highest BCUT2D eigenvalue weighted by Crippen LogP contribution is 1.97. The molecule has 0 aliphatic rings. The van der Waals surface area contributed by atoms with E-state index in [1.807, 2.05) is 0 Å². The number of nitrogens with two attached hydrogens (primary N) is 1. The molecule has 0 spiro atoms. The number of nitrogens with one attached hydrogen (secondary N) is 1. The lowest BCUT2D eigenvalue weighted by Gasteiger charge is -2.02. The van der Waals surface area contributed by atoms with Crippen LogP contribution in [0.25, 0.3) is 0 Å². The molecule has 1 amide bonds. The molecule has 0 saturated heterocycles. The standard InChI is InChI=1S/C9H12FN3O/c10-8-4-1-3-7(13-8)9(14)12-6-2-5-11/h1,3-4H,2,5-6,11H2,(H,12,14). The molecule has 0 saturated carbocycles. The number of hydrogen-bond acceptors (Lipinski definition) is 3. The highest BCUT2D eigenvalue weighted by atomic mass is 19.1. The third-order valence-corrected chi connectivity index (χ3v) is 1.61. The smallest absolute Gasteiger partial charge is 0.269 e. The van der Waals surface area contributed by atoms with Crippen molar-refractivity contribution in [3.63, 3.8) is 0 Å². The topological polar surface area (TPSA) is 68.0 Å². The Labute approximate surface area is 81.3 Å². The molecule has 1 rings (SSSR count). The van der Waals surface area contributed by atoms with E-state index in [9.17, 15) is 9.18 Å². The van der Waals surface area contributed by atoms with Crippen LogP contribution in [-0.2, 0) is 0 Å². The second-order valence-electron chi connectivity index (χ2n) is 2.74. The van der Waals surface area contributed by atoms with Crippen LogP contribution in [0.2, 0.25) is 0 Å². The summed E-state index contributed by atoms with van der Waals surface area (Å²) in [5.74, 6) is -1.03. The van der Waals surface area contributed by atoms with Crippen molar-refractivity contribution < 1.29 is 9.18 Å². The third-order valence-electron chi connectivity index (χ3n) is 1.61. The number of pyridine rings is 1. The third kappa shape index (κ3) is 3.10. The molecule has 0 radical (unpaired) electrons. The van der Waals surface area contributed by atoms with Crippen molar-refractivity contribution in [1.29, 1.82) is 0 Å². The summed E-state index contributed by atoms with van der Waals surface area (Å²) in [7, 11) is 0. The van der Waals surface area contributed by atoms with Gasteiger partial charge in [0, 0.05) is 6.54 Å². The Morgan fingerprint density at radius 2 is 2.36 bits per heavy atom. The first kappa shape index (κ1) is 10.6. The van der Waals surface area contributed by atoms with Crippen LogP contribution in [0.5, 0.6) is 0 Å². The van der Waals surface area contributed by atoms with E-state index in [4.69, 9.17) is 5.73 Å². The van der Waals surface area contributed by atoms with E-state index in [2.05, 4.69) is 10.3 Å². The fourth-order valence-corrected chi connectivity index (χ4v) is 0.929. The van der Waals surface area contributed by atoms with E-state index < -0.39 is 5.95 Å². The maximum absolute atomic E-state index is 12.6. The molecule has 3 N–H and O–H groups in total. The van der Waals surface area contributed by atoms with E-state index in [0.717, 1.165) is 0 Å². The molecule has 1 aromatic heterocycles. The zero-order valence-corrected chi connectivity index (χ0v) is 7.66. The Morgan fingerprint density at radius 1 is 1.57 bits per heavy atom. The van der Waals surface area contributed by atoms with Gasteiger partial charge in [-0.2, -0.15) is 4.39 Å². The first-order chi connectivity index (χ1) is 6.74. The van der Waals surface area contributed by atoms with Crippen molar-refractivity contribution in [1.82, 2.24) is 10.3 Å². The molecule has 5 heteroatoms. The fourth-order valence-electron chi connectivity index (χ4n) is 0.929. The summed E-state index contributed by atoms with van der Waals surface area (Å²) >= 11 is 0. The van der Waals surface area contributed by atoms with Gasteiger partial charge >= 0.3 is 0 Å². The quantitative estimate of drug-likeness (QED) is 0.538. The Kier molecular flexibility index (Phi) is 4.00. The van der Waals surface area contributed by atoms with Crippen molar-refractivity contribution in [2.45, 2.75) is 6.42 Å². The molecule has 1 heterocycles. The van der Waals surface area contributed by atoms with Gasteiger partial charge in [0.25, 0.3) is 5.91 Å². The monoisotopic (exact) mass is 197 g/mol. The lowest BCUT2D eigenvalue weighted by atomic mass is 10.3. The highest BCUT2D eigenvalue weighted by molar-refractivity contribution is 5.92. The van der Waals surface area contributed by atoms with Crippen LogP contribution in [0, 0.1) is 5.95 Å². The molecule has 76 valence electrons. The van der Waals surface area contributed by atoms with Crippen LogP contribution in [0.3, 0.4) is 0 Å². The van der Waals surface area contributed by atoms with E-state index in [1.165, 1.54) is 18.2 Å². The Morgan fingerprint density at radius 3 is 3.00 bits per heavy atom. The van der Waals surface area contributed by atoms with Gasteiger partial charge < -0.3 is 11.1 Å². The fraction of sp³-hybridized carbons (Fsp3) is 0.333. The zero-order chi connectivity index (χ0) is 10.4. The summed E-state index contributed by atoms with van der Waals surface area (Å²) in [6.07, 6.45) is 0.695. The van der Waals surface area contributed by atoms with Crippen LogP contribution < -0.4 is 11.1 Å². The number of rotatable bonds is 4. The van der Waals surface area contributed by atoms with Gasteiger partial charge in [0.1, 0.15) is 5.69 Å². The van der Waals surface area contributed by atoms with Gasteiger partial charge in [-0.05, 0) is 25.1 Å². The molecule has 0 aromatic carbocycles. The van der Waals surface area contributed by atoms with Crippen molar-refractivity contribution in [2.75, 3.05) is 13.1 Å². The van der Waals surface area contributed by atoms with E-state index in [-0.39, 0.29) is 11.6 Å². The van der Waals surface area contributed by atoms with Crippen molar-refractivity contribution >= 4 is 5.91 Å². The highest BCUT2D eigenvalue weighted by Gasteiger charge is 2.06. The Balaban J connectivity index is 2.52. The van der Waals surface area contributed by atoms with Crippen LogP contribution in [0.4, 0.5) is 4.39 Å². The number of amides is 1. The second kappa shape index (κ2) is 5.29. The first-order valence-electron chi connectivity index (χ1n) is 4.35. The largest absolute Gasteiger partial charge is 0.351 e. The minimum Gasteiger partial charge on any atom is -0.351 e. The van der Waals surface area contributed by atoms with Gasteiger partial charge in [-0.25, -0.2) is 4.98 Å². The Bertz CT molecular complexity index is 317. The summed E-state index contributed by atoms with van der Waals surface area (Å²) in [5.41, 5.74) is 5.34. The van der Waals surface area contributed by atoms with Gasteiger partial charge in [0.15, 0.2) is 0 Å². The maximum atomic E-state index is 12.6. The minimum atomic E-state index is -0.656. The van der Waals surface area contributed by atoms with E-state index in [0.29, 0.717) is 19.5 Å². The number of halogens is 1. The van der Waals surface area contributed by atoms with Crippen LogP contribution >= 0.6 is 0 Å². The van der Waals surface area contributed by atoms with Gasteiger partial charge in [0.2, 0.25) is 5.95 Å². The lowest BCUT2D eigenvalue weighted by Crippen LogP contribution is -2.26. The van der Waals surface area contributed by atoms with Crippen LogP contribution in [0.1, 0.15) is 16.9 Å². The SMILES string of the molecule is NCCCNC(=O)c1cccc(F)n1. The van der Waals surface area contributed by atoms with Crippen LogP contribution in [0.15, 0.2) is 18.2 Å². The normalized spacial score (nSPS) is 9.86. The van der Waals surface area contributed by atoms with E-state index in [1.54, 1.807) is 0 Å². The van der Waals surface area contributed by atoms with Crippen LogP contribution in [-0.4, -0.2) is 24.0 Å². The summed E-state index contributed by atoms with van der Waals surface area (Å²) in [4.78, 5) is 14.7. The summed E-state index contributed by atoms with van der Waals surface area (Å²) in [6.45, 7) is 0.990. The average Bonchev–Trinajstić information content (AvgIpc) is 2.18. The van der Waals surface area contributed by atoms with Gasteiger partial charge in [-0.15, -0.1) is 0 Å². The van der Waals surface area contributed by atoms with Crippen molar-refractivity contribution in [3.8, 4) is 0 Å². The molecule has 1 aromatic rings. The molecular formula is C9H12FN3O. The molecule has 0 aliphatic heterocycles.